The van der Waals surface area contributed by atoms with E-state index in [0.717, 1.165) is 142 Å². The van der Waals surface area contributed by atoms with E-state index < -0.39 is 0 Å². The molecule has 10 aromatic rings. The fraction of sp³-hybridized carbons (Fsp3) is 0.347. The molecule has 8 heterocycles. The summed E-state index contributed by atoms with van der Waals surface area (Å²) in [6.07, 6.45) is 2.54. The molecule has 17 nitrogen and oxygen atoms in total. The second-order valence-corrected chi connectivity index (χ2v) is 37.2. The summed E-state index contributed by atoms with van der Waals surface area (Å²) in [5.41, 5.74) is 21.2. The van der Waals surface area contributed by atoms with E-state index in [1.807, 2.05) is 79.4 Å². The summed E-state index contributed by atoms with van der Waals surface area (Å²) in [7, 11) is 25.3. The van der Waals surface area contributed by atoms with Crippen molar-refractivity contribution < 1.29 is 18.5 Å². The fourth-order valence-corrected chi connectivity index (χ4v) is 34.1. The largest absolute Gasteiger partial charge is 0.496 e. The predicted molar refractivity (Wildman–Crippen MR) is 358 cm³/mol. The van der Waals surface area contributed by atoms with Crippen LogP contribution < -0.4 is 15.2 Å². The lowest BCUT2D eigenvalue weighted by Crippen LogP contribution is -2.04. The molecule has 426 valence electrons. The standard InChI is InChI=1S/C25H28N6O2.C17H15ClN4O2.C7H13N3.S13/c1-8-18-12(2)21(31(6)29-18)11-20-24-16-10-22(32-7)17(23-13(3)30-33-14(23)4)9-19(16)28-25(24)27-15(5)26-20;1-7-14(8(2)24-22-7)11-5-12-10(6-13(11)23-4)15-16(18)19-9(3)20-17(15)21-12;1-4-6-5(2)7(8)10(3)9-6;1-3-5-7-9-11-13-12-10-8-6-4-2/h9-10H,8,11H2,1-7H3,(H,26,27,28);5-6H,1-4H3,(H,19,20,21);4,8H2,1-3H3;. The Hall–Kier alpha value is -4.41. The monoisotopic (exact) mass is 1340 g/mol. The van der Waals surface area contributed by atoms with Crippen LogP contribution in [0.25, 0.3) is 66.1 Å². The lowest BCUT2D eigenvalue weighted by Gasteiger charge is -2.10. The summed E-state index contributed by atoms with van der Waals surface area (Å²) >= 11 is 15.7. The van der Waals surface area contributed by atoms with E-state index in [-0.39, 0.29) is 0 Å². The highest BCUT2D eigenvalue weighted by Crippen LogP contribution is 2.42. The van der Waals surface area contributed by atoms with Crippen molar-refractivity contribution in [2.75, 3.05) is 20.0 Å². The molecule has 10 rings (SSSR count). The van der Waals surface area contributed by atoms with Crippen LogP contribution in [0.2, 0.25) is 5.15 Å². The first-order valence-electron chi connectivity index (χ1n) is 24.0. The van der Waals surface area contributed by atoms with Gasteiger partial charge in [-0.2, -0.15) is 10.2 Å². The first-order chi connectivity index (χ1) is 38.4. The SMILES string of the molecule is CCc1nn(C)c(Cc2nc(C)nc3[nH]c4cc(-c5c(C)noc5C)c(OC)cc4c23)c1C.CCc1nn(C)c(N)c1C.COc1cc2c(cc1-c1c(C)noc1C)[nH]c1nc(C)nc(Cl)c12.S=S=S=S=S=S=S=S=S=S=S=S=S. The quantitative estimate of drug-likeness (QED) is 0.121. The van der Waals surface area contributed by atoms with Crippen LogP contribution in [-0.2, 0) is 153 Å². The molecule has 0 spiro atoms. The van der Waals surface area contributed by atoms with Crippen LogP contribution in [-0.4, -0.2) is 74.0 Å². The Balaban J connectivity index is 0.000000171. The predicted octanol–water partition coefficient (Wildman–Crippen LogP) is 10.1. The number of H-pyrrole nitrogens is 2. The van der Waals surface area contributed by atoms with Crippen molar-refractivity contribution in [3.8, 4) is 33.8 Å². The van der Waals surface area contributed by atoms with E-state index in [9.17, 15) is 0 Å². The smallest absolute Gasteiger partial charge is 0.143 e. The number of methoxy groups -OCH3 is 2. The number of aromatic amines is 2. The van der Waals surface area contributed by atoms with Gasteiger partial charge in [0, 0.05) is 190 Å². The number of fused-ring (bicyclic) bond motifs is 6. The van der Waals surface area contributed by atoms with Gasteiger partial charge >= 0.3 is 0 Å². The van der Waals surface area contributed by atoms with Gasteiger partial charge in [-0.05, 0) is 98.1 Å². The van der Waals surface area contributed by atoms with E-state index in [2.05, 4.69) is 68.3 Å². The molecule has 0 saturated heterocycles. The molecule has 4 N–H and O–H groups in total. The number of hydrogen-bond acceptors (Lipinski definition) is 15. The second-order valence-electron chi connectivity index (χ2n) is 17.4. The number of aryl methyl sites for hydroxylation is 10. The Morgan fingerprint density at radius 1 is 0.588 bits per heavy atom. The van der Waals surface area contributed by atoms with Gasteiger partial charge in [0.1, 0.15) is 56.9 Å². The molecule has 0 bridgehead atoms. The van der Waals surface area contributed by atoms with Crippen LogP contribution in [0.15, 0.2) is 33.3 Å². The Bertz CT molecular complexity index is 4430. The number of hydrogen-bond donors (Lipinski definition) is 3. The van der Waals surface area contributed by atoms with Gasteiger partial charge in [0.25, 0.3) is 0 Å². The number of anilines is 1. The second kappa shape index (κ2) is 29.2. The lowest BCUT2D eigenvalue weighted by atomic mass is 10.00. The molecule has 0 aliphatic heterocycles. The number of aromatic nitrogens is 12. The molecule has 0 atom stereocenters. The Kier molecular flexibility index (Phi) is 23.1. The highest BCUT2D eigenvalue weighted by Gasteiger charge is 2.23. The Labute approximate surface area is 508 Å². The zero-order valence-electron chi connectivity index (χ0n) is 45.8. The van der Waals surface area contributed by atoms with Crippen LogP contribution in [0.4, 0.5) is 5.82 Å². The summed E-state index contributed by atoms with van der Waals surface area (Å²) in [4.78, 5) is 25.1. The topological polar surface area (TPSA) is 215 Å². The van der Waals surface area contributed by atoms with Crippen LogP contribution in [0.5, 0.6) is 11.5 Å². The zero-order valence-corrected chi connectivity index (χ0v) is 57.2. The molecule has 80 heavy (non-hydrogen) atoms. The average molecular weight is 1340 g/mol. The summed E-state index contributed by atoms with van der Waals surface area (Å²) in [5.74, 6) is 5.11. The van der Waals surface area contributed by atoms with E-state index >= 15 is 0 Å². The fourth-order valence-electron chi connectivity index (χ4n) is 9.10. The van der Waals surface area contributed by atoms with Crippen molar-refractivity contribution in [3.63, 3.8) is 0 Å². The molecule has 0 aliphatic rings. The van der Waals surface area contributed by atoms with E-state index in [0.29, 0.717) is 23.0 Å². The molecular weight excluding hydrogens is 1290 g/mol. The van der Waals surface area contributed by atoms with Crippen molar-refractivity contribution in [1.82, 2.24) is 59.8 Å². The van der Waals surface area contributed by atoms with Crippen LogP contribution in [0.3, 0.4) is 0 Å². The summed E-state index contributed by atoms with van der Waals surface area (Å²) in [6, 6.07) is 8.10. The van der Waals surface area contributed by atoms with Gasteiger partial charge in [-0.1, -0.05) is 35.8 Å². The number of nitrogen functional groups attached to an aromatic ring is 1. The molecule has 0 fully saturated rings. The van der Waals surface area contributed by atoms with Crippen molar-refractivity contribution in [1.29, 1.82) is 0 Å². The van der Waals surface area contributed by atoms with E-state index in [4.69, 9.17) is 73.3 Å². The van der Waals surface area contributed by atoms with E-state index in [1.165, 1.54) is 29.0 Å². The normalized spacial score (nSPS) is 10.7. The molecule has 8 aromatic heterocycles. The first kappa shape index (κ1) is 63.2. The molecular formula is C49H56ClN13O4S13. The van der Waals surface area contributed by atoms with Gasteiger partial charge in [-0.25, -0.2) is 19.9 Å². The minimum Gasteiger partial charge on any atom is -0.496 e. The van der Waals surface area contributed by atoms with Crippen LogP contribution in [0.1, 0.15) is 82.3 Å². The minimum absolute atomic E-state index is 0.427. The van der Waals surface area contributed by atoms with Crippen molar-refractivity contribution in [2.24, 2.45) is 14.1 Å². The average Bonchev–Trinajstić information content (AvgIpc) is 4.30. The molecule has 0 saturated carbocycles. The number of halogens is 1. The number of rotatable bonds is 8. The molecule has 2 aromatic carbocycles. The molecule has 0 radical (unpaired) electrons. The summed E-state index contributed by atoms with van der Waals surface area (Å²) < 4.78 is 25.8. The maximum absolute atomic E-state index is 6.33. The highest BCUT2D eigenvalue weighted by molar-refractivity contribution is 8.75. The van der Waals surface area contributed by atoms with E-state index in [1.54, 1.807) is 98.8 Å². The zero-order chi connectivity index (χ0) is 57.9. The van der Waals surface area contributed by atoms with Crippen LogP contribution in [0, 0.1) is 55.4 Å². The third-order valence-corrected chi connectivity index (χ3v) is 35.1. The number of ether oxygens (including phenoxy) is 2. The summed E-state index contributed by atoms with van der Waals surface area (Å²) in [5, 5.41) is 21.2. The first-order valence-corrected chi connectivity index (χ1v) is 40.4. The molecule has 31 heteroatoms. The maximum atomic E-state index is 6.33. The number of nitrogens with zero attached hydrogens (tertiary/aromatic N) is 10. The minimum atomic E-state index is 0.427. The molecule has 0 unspecified atom stereocenters. The van der Waals surface area contributed by atoms with Crippen molar-refractivity contribution >= 4 is 181 Å². The number of nitrogens with two attached hydrogens (primary N) is 1. The third-order valence-electron chi connectivity index (χ3n) is 12.6. The number of nitrogens with one attached hydrogen (secondary N) is 2. The van der Waals surface area contributed by atoms with Gasteiger partial charge in [0.15, 0.2) is 0 Å². The van der Waals surface area contributed by atoms with Crippen molar-refractivity contribution in [2.45, 2.75) is 88.5 Å². The van der Waals surface area contributed by atoms with Gasteiger partial charge in [0.2, 0.25) is 0 Å². The van der Waals surface area contributed by atoms with Crippen LogP contribution >= 0.6 is 11.6 Å². The van der Waals surface area contributed by atoms with Gasteiger partial charge in [-0.15, -0.1) is 0 Å². The lowest BCUT2D eigenvalue weighted by molar-refractivity contribution is 0.393. The Morgan fingerprint density at radius 2 is 1.02 bits per heavy atom. The Morgan fingerprint density at radius 3 is 1.43 bits per heavy atom. The molecule has 0 aliphatic carbocycles. The van der Waals surface area contributed by atoms with Gasteiger partial charge in [-0.3, -0.25) is 9.36 Å². The van der Waals surface area contributed by atoms with Gasteiger partial charge in [0.05, 0.1) is 59.2 Å². The number of benzene rings is 2. The maximum Gasteiger partial charge on any atom is 0.143 e. The molecule has 0 amide bonds. The van der Waals surface area contributed by atoms with Crippen molar-refractivity contribution in [3.05, 3.63) is 97.9 Å². The van der Waals surface area contributed by atoms with Gasteiger partial charge < -0.3 is 34.2 Å². The third kappa shape index (κ3) is 14.5. The highest BCUT2D eigenvalue weighted by atomic mass is 35.5. The summed E-state index contributed by atoms with van der Waals surface area (Å²) in [6.45, 7) is 19.7.